The third-order valence-electron chi connectivity index (χ3n) is 4.16. The largest absolute Gasteiger partial charge is 0.396 e. The lowest BCUT2D eigenvalue weighted by Gasteiger charge is -2.38. The van der Waals surface area contributed by atoms with Crippen LogP contribution in [0, 0.1) is 5.92 Å². The summed E-state index contributed by atoms with van der Waals surface area (Å²) in [5, 5.41) is 12.5. The van der Waals surface area contributed by atoms with E-state index in [1.54, 1.807) is 0 Å². The average Bonchev–Trinajstić information content (AvgIpc) is 2.33. The van der Waals surface area contributed by atoms with Crippen LogP contribution in [-0.2, 0) is 0 Å². The molecule has 94 valence electrons. The molecule has 2 N–H and O–H groups in total. The van der Waals surface area contributed by atoms with E-state index in [9.17, 15) is 0 Å². The molecule has 0 radical (unpaired) electrons. The third-order valence-corrected chi connectivity index (χ3v) is 4.16. The molecule has 0 amide bonds. The topological polar surface area (TPSA) is 35.5 Å². The van der Waals surface area contributed by atoms with Crippen molar-refractivity contribution in [2.24, 2.45) is 5.92 Å². The van der Waals surface area contributed by atoms with Gasteiger partial charge in [-0.3, -0.25) is 0 Å². The predicted octanol–water partition coefficient (Wildman–Crippen LogP) is 1.22. The van der Waals surface area contributed by atoms with Crippen LogP contribution < -0.4 is 5.32 Å². The summed E-state index contributed by atoms with van der Waals surface area (Å²) in [5.41, 5.74) is 0. The molecule has 2 heterocycles. The Bertz CT molecular complexity index is 190. The molecule has 0 spiro atoms. The van der Waals surface area contributed by atoms with Crippen molar-refractivity contribution in [1.29, 1.82) is 0 Å². The van der Waals surface area contributed by atoms with Crippen LogP contribution >= 0.6 is 0 Å². The van der Waals surface area contributed by atoms with E-state index in [2.05, 4.69) is 10.2 Å². The molecule has 2 fully saturated rings. The van der Waals surface area contributed by atoms with Gasteiger partial charge in [-0.2, -0.15) is 0 Å². The van der Waals surface area contributed by atoms with Gasteiger partial charge in [-0.25, -0.2) is 0 Å². The first-order valence-corrected chi connectivity index (χ1v) is 6.96. The number of nitrogens with zero attached hydrogens (tertiary/aromatic N) is 1. The second kappa shape index (κ2) is 6.58. The molecule has 0 bridgehead atoms. The second-order valence-corrected chi connectivity index (χ2v) is 5.35. The van der Waals surface area contributed by atoms with E-state index in [-0.39, 0.29) is 0 Å². The first-order chi connectivity index (χ1) is 7.90. The maximum absolute atomic E-state index is 9.11. The summed E-state index contributed by atoms with van der Waals surface area (Å²) in [4.78, 5) is 2.65. The summed E-state index contributed by atoms with van der Waals surface area (Å²) in [6, 6.07) is 0.661. The fraction of sp³-hybridized carbons (Fsp3) is 1.00. The van der Waals surface area contributed by atoms with Crippen molar-refractivity contribution in [2.75, 3.05) is 32.8 Å². The Morgan fingerprint density at radius 1 is 1.12 bits per heavy atom. The van der Waals surface area contributed by atoms with Crippen LogP contribution in [0.25, 0.3) is 0 Å². The normalized spacial score (nSPS) is 29.4. The number of hydrogen-bond acceptors (Lipinski definition) is 3. The van der Waals surface area contributed by atoms with Gasteiger partial charge >= 0.3 is 0 Å². The molecular weight excluding hydrogens is 200 g/mol. The second-order valence-electron chi connectivity index (χ2n) is 5.35. The predicted molar refractivity (Wildman–Crippen MR) is 66.5 cm³/mol. The smallest absolute Gasteiger partial charge is 0.0445 e. The molecule has 2 saturated heterocycles. The summed E-state index contributed by atoms with van der Waals surface area (Å²) >= 11 is 0. The van der Waals surface area contributed by atoms with Crippen molar-refractivity contribution in [3.8, 4) is 0 Å². The summed E-state index contributed by atoms with van der Waals surface area (Å²) < 4.78 is 0. The Balaban J connectivity index is 1.80. The van der Waals surface area contributed by atoms with E-state index in [0.29, 0.717) is 12.6 Å². The maximum atomic E-state index is 9.11. The molecular formula is C13H26N2O. The minimum Gasteiger partial charge on any atom is -0.396 e. The SMILES string of the molecule is OCCC1CCCCN1CC1CCNCC1. The molecule has 1 atom stereocenters. The highest BCUT2D eigenvalue weighted by Gasteiger charge is 2.25. The molecule has 0 aliphatic carbocycles. The number of nitrogens with one attached hydrogen (secondary N) is 1. The number of aliphatic hydroxyl groups excluding tert-OH is 1. The molecule has 2 aliphatic rings. The Hall–Kier alpha value is -0.120. The van der Waals surface area contributed by atoms with E-state index < -0.39 is 0 Å². The van der Waals surface area contributed by atoms with Gasteiger partial charge in [-0.05, 0) is 57.7 Å². The lowest BCUT2D eigenvalue weighted by molar-refractivity contribution is 0.0945. The van der Waals surface area contributed by atoms with E-state index >= 15 is 0 Å². The minimum absolute atomic E-state index is 0.355. The lowest BCUT2D eigenvalue weighted by Crippen LogP contribution is -2.44. The molecule has 3 heteroatoms. The van der Waals surface area contributed by atoms with Gasteiger partial charge < -0.3 is 15.3 Å². The molecule has 0 aromatic heterocycles. The van der Waals surface area contributed by atoms with Gasteiger partial charge in [-0.1, -0.05) is 6.42 Å². The number of hydrogen-bond donors (Lipinski definition) is 2. The summed E-state index contributed by atoms with van der Waals surface area (Å²) in [6.07, 6.45) is 7.65. The Morgan fingerprint density at radius 3 is 2.69 bits per heavy atom. The molecule has 1 unspecified atom stereocenters. The van der Waals surface area contributed by atoms with Gasteiger partial charge in [-0.15, -0.1) is 0 Å². The first-order valence-electron chi connectivity index (χ1n) is 6.96. The van der Waals surface area contributed by atoms with Crippen LogP contribution in [0.1, 0.15) is 38.5 Å². The van der Waals surface area contributed by atoms with E-state index in [4.69, 9.17) is 5.11 Å². The minimum atomic E-state index is 0.355. The van der Waals surface area contributed by atoms with Crippen molar-refractivity contribution >= 4 is 0 Å². The van der Waals surface area contributed by atoms with E-state index in [0.717, 1.165) is 12.3 Å². The third kappa shape index (κ3) is 3.44. The fourth-order valence-electron chi connectivity index (χ4n) is 3.17. The highest BCUT2D eigenvalue weighted by Crippen LogP contribution is 2.23. The Labute approximate surface area is 99.2 Å². The summed E-state index contributed by atoms with van der Waals surface area (Å²) in [5.74, 6) is 0.889. The van der Waals surface area contributed by atoms with Crippen LogP contribution in [0.3, 0.4) is 0 Å². The van der Waals surface area contributed by atoms with Crippen molar-refractivity contribution in [3.05, 3.63) is 0 Å². The summed E-state index contributed by atoms with van der Waals surface area (Å²) in [7, 11) is 0. The molecule has 0 saturated carbocycles. The number of rotatable bonds is 4. The van der Waals surface area contributed by atoms with Crippen molar-refractivity contribution in [2.45, 2.75) is 44.6 Å². The summed E-state index contributed by atoms with van der Waals surface area (Å²) in [6.45, 7) is 5.28. The van der Waals surface area contributed by atoms with Crippen LogP contribution in [-0.4, -0.2) is 48.8 Å². The van der Waals surface area contributed by atoms with Gasteiger partial charge in [0.15, 0.2) is 0 Å². The maximum Gasteiger partial charge on any atom is 0.0445 e. The van der Waals surface area contributed by atoms with E-state index in [1.165, 1.54) is 58.3 Å². The van der Waals surface area contributed by atoms with Crippen molar-refractivity contribution in [3.63, 3.8) is 0 Å². The van der Waals surface area contributed by atoms with Gasteiger partial charge in [0.1, 0.15) is 0 Å². The van der Waals surface area contributed by atoms with Gasteiger partial charge in [0.25, 0.3) is 0 Å². The zero-order chi connectivity index (χ0) is 11.2. The zero-order valence-electron chi connectivity index (χ0n) is 10.3. The first kappa shape index (κ1) is 12.3. The van der Waals surface area contributed by atoms with Gasteiger partial charge in [0.05, 0.1) is 0 Å². The number of aliphatic hydroxyl groups is 1. The van der Waals surface area contributed by atoms with Crippen molar-refractivity contribution < 1.29 is 5.11 Å². The Morgan fingerprint density at radius 2 is 1.94 bits per heavy atom. The van der Waals surface area contributed by atoms with Crippen LogP contribution in [0.5, 0.6) is 0 Å². The van der Waals surface area contributed by atoms with Gasteiger partial charge in [0, 0.05) is 19.2 Å². The van der Waals surface area contributed by atoms with Gasteiger partial charge in [0.2, 0.25) is 0 Å². The quantitative estimate of drug-likeness (QED) is 0.756. The van der Waals surface area contributed by atoms with Crippen molar-refractivity contribution in [1.82, 2.24) is 10.2 Å². The molecule has 0 aromatic rings. The fourth-order valence-corrected chi connectivity index (χ4v) is 3.17. The van der Waals surface area contributed by atoms with E-state index in [1.807, 2.05) is 0 Å². The number of likely N-dealkylation sites (tertiary alicyclic amines) is 1. The standard InChI is InChI=1S/C13H26N2O/c16-10-6-13-3-1-2-9-15(13)11-12-4-7-14-8-5-12/h12-14,16H,1-11H2. The van der Waals surface area contributed by atoms with Crippen LogP contribution in [0.15, 0.2) is 0 Å². The highest BCUT2D eigenvalue weighted by molar-refractivity contribution is 4.80. The lowest BCUT2D eigenvalue weighted by atomic mass is 9.93. The number of piperidine rings is 2. The molecule has 0 aromatic carbocycles. The Kier molecular flexibility index (Phi) is 5.07. The highest BCUT2D eigenvalue weighted by atomic mass is 16.3. The van der Waals surface area contributed by atoms with Crippen LogP contribution in [0.2, 0.25) is 0 Å². The molecule has 2 aliphatic heterocycles. The average molecular weight is 226 g/mol. The molecule has 16 heavy (non-hydrogen) atoms. The zero-order valence-corrected chi connectivity index (χ0v) is 10.3. The van der Waals surface area contributed by atoms with Crippen LogP contribution in [0.4, 0.5) is 0 Å². The molecule has 2 rings (SSSR count). The molecule has 3 nitrogen and oxygen atoms in total. The monoisotopic (exact) mass is 226 g/mol.